The highest BCUT2D eigenvalue weighted by Gasteiger charge is 2.09. The topological polar surface area (TPSA) is 52.0 Å². The zero-order valence-corrected chi connectivity index (χ0v) is 10.8. The molecule has 0 saturated carbocycles. The summed E-state index contributed by atoms with van der Waals surface area (Å²) in [6.07, 6.45) is 2.56. The summed E-state index contributed by atoms with van der Waals surface area (Å²) < 4.78 is 1.72. The lowest BCUT2D eigenvalue weighted by atomic mass is 10.0. The van der Waals surface area contributed by atoms with Gasteiger partial charge < -0.3 is 11.5 Å². The molecule has 0 heterocycles. The lowest BCUT2D eigenvalue weighted by Crippen LogP contribution is -2.09. The lowest BCUT2D eigenvalue weighted by Gasteiger charge is -2.12. The zero-order chi connectivity index (χ0) is 10.7. The minimum absolute atomic E-state index is 0.0271. The van der Waals surface area contributed by atoms with Crippen molar-refractivity contribution in [2.45, 2.75) is 12.5 Å². The van der Waals surface area contributed by atoms with Crippen molar-refractivity contribution in [1.82, 2.24) is 0 Å². The van der Waals surface area contributed by atoms with Gasteiger partial charge in [0, 0.05) is 15.0 Å². The van der Waals surface area contributed by atoms with Crippen molar-refractivity contribution in [3.63, 3.8) is 0 Å². The molecule has 14 heavy (non-hydrogen) atoms. The van der Waals surface area contributed by atoms with Gasteiger partial charge >= 0.3 is 0 Å². The first-order valence-corrected chi connectivity index (χ1v) is 5.75. The van der Waals surface area contributed by atoms with Gasteiger partial charge in [-0.3, -0.25) is 0 Å². The fourth-order valence-electron chi connectivity index (χ4n) is 1.13. The van der Waals surface area contributed by atoms with E-state index in [-0.39, 0.29) is 6.04 Å². The Morgan fingerprint density at radius 1 is 1.36 bits per heavy atom. The fourth-order valence-corrected chi connectivity index (χ4v) is 2.36. The van der Waals surface area contributed by atoms with Crippen molar-refractivity contribution in [2.24, 2.45) is 5.73 Å². The van der Waals surface area contributed by atoms with Crippen molar-refractivity contribution in [2.75, 3.05) is 5.73 Å². The van der Waals surface area contributed by atoms with Gasteiger partial charge in [-0.25, -0.2) is 0 Å². The molecule has 1 rings (SSSR count). The number of nitrogens with two attached hydrogens (primary N) is 2. The van der Waals surface area contributed by atoms with Crippen molar-refractivity contribution in [3.05, 3.63) is 39.3 Å². The summed E-state index contributed by atoms with van der Waals surface area (Å²) in [5.41, 5.74) is 13.4. The Labute approximate surface area is 101 Å². The van der Waals surface area contributed by atoms with Gasteiger partial charge in [-0.1, -0.05) is 6.08 Å². The molecule has 1 atom stereocenters. The third kappa shape index (κ3) is 2.59. The zero-order valence-electron chi connectivity index (χ0n) is 7.63. The standard InChI is InChI=1S/C10H12Br2N2/c1-2-3-9(13)6-4-7(11)10(14)8(12)5-6/h2,4-5,9H,1,3,13-14H2/t9-/m1/s1. The Hall–Kier alpha value is -0.320. The molecule has 4 N–H and O–H groups in total. The summed E-state index contributed by atoms with van der Waals surface area (Å²) in [6, 6.07) is 3.85. The Bertz CT molecular complexity index is 327. The number of rotatable bonds is 3. The van der Waals surface area contributed by atoms with Crippen molar-refractivity contribution in [1.29, 1.82) is 0 Å². The SMILES string of the molecule is C=CC[C@@H](N)c1cc(Br)c(N)c(Br)c1. The summed E-state index contributed by atoms with van der Waals surface area (Å²) in [5, 5.41) is 0. The van der Waals surface area contributed by atoms with Gasteiger partial charge in [0.2, 0.25) is 0 Å². The van der Waals surface area contributed by atoms with Crippen molar-refractivity contribution < 1.29 is 0 Å². The van der Waals surface area contributed by atoms with Crippen molar-refractivity contribution in [3.8, 4) is 0 Å². The van der Waals surface area contributed by atoms with Gasteiger partial charge in [0.25, 0.3) is 0 Å². The second-order valence-corrected chi connectivity index (χ2v) is 4.74. The molecular weight excluding hydrogens is 308 g/mol. The predicted molar refractivity (Wildman–Crippen MR) is 68.0 cm³/mol. The molecule has 0 spiro atoms. The number of hydrogen-bond acceptors (Lipinski definition) is 2. The van der Waals surface area contributed by atoms with Crippen LogP contribution in [0.4, 0.5) is 5.69 Å². The maximum absolute atomic E-state index is 5.94. The second kappa shape index (κ2) is 4.96. The van der Waals surface area contributed by atoms with Crippen LogP contribution >= 0.6 is 31.9 Å². The first-order chi connectivity index (χ1) is 6.56. The monoisotopic (exact) mass is 318 g/mol. The molecule has 0 aliphatic rings. The number of nitrogen functional groups attached to an aromatic ring is 1. The van der Waals surface area contributed by atoms with Gasteiger partial charge in [0.1, 0.15) is 0 Å². The van der Waals surface area contributed by atoms with E-state index in [1.807, 2.05) is 18.2 Å². The summed E-state index contributed by atoms with van der Waals surface area (Å²) in [5.74, 6) is 0. The molecule has 0 radical (unpaired) electrons. The minimum Gasteiger partial charge on any atom is -0.397 e. The maximum atomic E-state index is 5.94. The fraction of sp³-hybridized carbons (Fsp3) is 0.200. The molecule has 0 amide bonds. The van der Waals surface area contributed by atoms with Crippen LogP contribution in [0.2, 0.25) is 0 Å². The van der Waals surface area contributed by atoms with E-state index in [9.17, 15) is 0 Å². The van der Waals surface area contributed by atoms with Gasteiger partial charge in [-0.15, -0.1) is 6.58 Å². The van der Waals surface area contributed by atoms with Crippen LogP contribution in [0.25, 0.3) is 0 Å². The Morgan fingerprint density at radius 3 is 2.29 bits per heavy atom. The van der Waals surface area contributed by atoms with Crippen LogP contribution in [-0.2, 0) is 0 Å². The molecule has 0 aliphatic carbocycles. The van der Waals surface area contributed by atoms with E-state index in [2.05, 4.69) is 38.4 Å². The van der Waals surface area contributed by atoms with Gasteiger partial charge in [0.05, 0.1) is 5.69 Å². The minimum atomic E-state index is -0.0271. The highest BCUT2D eigenvalue weighted by atomic mass is 79.9. The Balaban J connectivity index is 3.05. The Kier molecular flexibility index (Phi) is 4.16. The average Bonchev–Trinajstić information content (AvgIpc) is 2.13. The van der Waals surface area contributed by atoms with Gasteiger partial charge in [0.15, 0.2) is 0 Å². The molecule has 0 aromatic heterocycles. The molecular formula is C10H12Br2N2. The van der Waals surface area contributed by atoms with E-state index in [1.54, 1.807) is 0 Å². The molecule has 0 saturated heterocycles. The van der Waals surface area contributed by atoms with E-state index < -0.39 is 0 Å². The van der Waals surface area contributed by atoms with Crippen molar-refractivity contribution >= 4 is 37.5 Å². The maximum Gasteiger partial charge on any atom is 0.0603 e. The molecule has 0 aliphatic heterocycles. The first-order valence-electron chi connectivity index (χ1n) is 4.17. The van der Waals surface area contributed by atoms with Crippen LogP contribution in [0, 0.1) is 0 Å². The molecule has 0 fully saturated rings. The molecule has 0 bridgehead atoms. The van der Waals surface area contributed by atoms with Crippen LogP contribution in [0.3, 0.4) is 0 Å². The summed E-state index contributed by atoms with van der Waals surface area (Å²) in [7, 11) is 0. The molecule has 1 aromatic carbocycles. The largest absolute Gasteiger partial charge is 0.397 e. The highest BCUT2D eigenvalue weighted by molar-refractivity contribution is 9.11. The first kappa shape index (κ1) is 11.8. The lowest BCUT2D eigenvalue weighted by molar-refractivity contribution is 0.741. The third-order valence-corrected chi connectivity index (χ3v) is 3.26. The van der Waals surface area contributed by atoms with E-state index >= 15 is 0 Å². The number of anilines is 1. The number of halogens is 2. The summed E-state index contributed by atoms with van der Waals surface area (Å²) in [4.78, 5) is 0. The quantitative estimate of drug-likeness (QED) is 0.663. The van der Waals surface area contributed by atoms with E-state index in [0.29, 0.717) is 5.69 Å². The van der Waals surface area contributed by atoms with E-state index in [1.165, 1.54) is 0 Å². The normalized spacial score (nSPS) is 12.5. The number of benzene rings is 1. The molecule has 2 nitrogen and oxygen atoms in total. The van der Waals surface area contributed by atoms with Crippen LogP contribution in [0.1, 0.15) is 18.0 Å². The average molecular weight is 320 g/mol. The summed E-state index contributed by atoms with van der Waals surface area (Å²) >= 11 is 6.76. The smallest absolute Gasteiger partial charge is 0.0603 e. The van der Waals surface area contributed by atoms with Crippen LogP contribution in [-0.4, -0.2) is 0 Å². The predicted octanol–water partition coefficient (Wildman–Crippen LogP) is 3.37. The number of hydrogen-bond donors (Lipinski definition) is 2. The Morgan fingerprint density at radius 2 is 1.86 bits per heavy atom. The van der Waals surface area contributed by atoms with E-state index in [4.69, 9.17) is 11.5 Å². The molecule has 0 unspecified atom stereocenters. The highest BCUT2D eigenvalue weighted by Crippen LogP contribution is 2.31. The third-order valence-electron chi connectivity index (χ3n) is 1.95. The van der Waals surface area contributed by atoms with Gasteiger partial charge in [-0.2, -0.15) is 0 Å². The summed E-state index contributed by atoms with van der Waals surface area (Å²) in [6.45, 7) is 3.66. The molecule has 76 valence electrons. The second-order valence-electron chi connectivity index (χ2n) is 3.03. The van der Waals surface area contributed by atoms with Crippen LogP contribution in [0.5, 0.6) is 0 Å². The van der Waals surface area contributed by atoms with E-state index in [0.717, 1.165) is 20.9 Å². The van der Waals surface area contributed by atoms with Crippen LogP contribution < -0.4 is 11.5 Å². The van der Waals surface area contributed by atoms with Crippen LogP contribution in [0.15, 0.2) is 33.7 Å². The van der Waals surface area contributed by atoms with Gasteiger partial charge in [-0.05, 0) is 56.0 Å². The molecule has 1 aromatic rings. The molecule has 4 heteroatoms.